The van der Waals surface area contributed by atoms with E-state index >= 15 is 0 Å². The molecule has 1 rings (SSSR count). The fourth-order valence-electron chi connectivity index (χ4n) is 2.02. The quantitative estimate of drug-likeness (QED) is 0.599. The van der Waals surface area contributed by atoms with Crippen molar-refractivity contribution < 1.29 is 4.79 Å². The molecule has 2 atom stereocenters. The van der Waals surface area contributed by atoms with E-state index < -0.39 is 0 Å². The molecule has 1 aliphatic rings. The van der Waals surface area contributed by atoms with Crippen LogP contribution in [0, 0.1) is 5.92 Å². The van der Waals surface area contributed by atoms with Crippen molar-refractivity contribution in [2.75, 3.05) is 5.33 Å². The first kappa shape index (κ1) is 12.0. The van der Waals surface area contributed by atoms with Gasteiger partial charge in [0.05, 0.1) is 0 Å². The maximum atomic E-state index is 11.5. The summed E-state index contributed by atoms with van der Waals surface area (Å²) < 4.78 is 0. The fraction of sp³-hybridized carbons (Fsp3) is 0.909. The molecule has 0 saturated heterocycles. The van der Waals surface area contributed by atoms with Gasteiger partial charge in [-0.2, -0.15) is 0 Å². The smallest absolute Gasteiger partial charge is 0.220 e. The lowest BCUT2D eigenvalue weighted by molar-refractivity contribution is -0.122. The van der Waals surface area contributed by atoms with E-state index in [9.17, 15) is 4.79 Å². The second kappa shape index (κ2) is 6.44. The molecule has 1 fully saturated rings. The first-order chi connectivity index (χ1) is 6.74. The molecule has 0 heterocycles. The number of unbranched alkanes of at least 4 members (excludes halogenated alkanes) is 1. The Morgan fingerprint density at radius 2 is 2.21 bits per heavy atom. The number of carbonyl (C=O) groups is 1. The van der Waals surface area contributed by atoms with Crippen LogP contribution in [0.1, 0.15) is 45.4 Å². The number of amides is 1. The average Bonchev–Trinajstić information content (AvgIpc) is 2.52. The normalized spacial score (nSPS) is 26.4. The molecule has 0 aromatic carbocycles. The highest BCUT2D eigenvalue weighted by Gasteiger charge is 2.24. The van der Waals surface area contributed by atoms with Gasteiger partial charge in [0, 0.05) is 17.8 Å². The van der Waals surface area contributed by atoms with Crippen molar-refractivity contribution in [2.24, 2.45) is 5.92 Å². The molecule has 14 heavy (non-hydrogen) atoms. The molecular weight excluding hydrogens is 242 g/mol. The third-order valence-electron chi connectivity index (χ3n) is 3.00. The first-order valence-corrected chi connectivity index (χ1v) is 6.71. The summed E-state index contributed by atoms with van der Waals surface area (Å²) in [5.41, 5.74) is 0. The molecule has 0 aliphatic heterocycles. The Labute approximate surface area is 95.0 Å². The predicted molar refractivity (Wildman–Crippen MR) is 62.6 cm³/mol. The van der Waals surface area contributed by atoms with Crippen molar-refractivity contribution in [3.05, 3.63) is 0 Å². The van der Waals surface area contributed by atoms with E-state index in [2.05, 4.69) is 28.2 Å². The lowest BCUT2D eigenvalue weighted by Crippen LogP contribution is -2.36. The number of rotatable bonds is 5. The van der Waals surface area contributed by atoms with E-state index in [-0.39, 0.29) is 5.91 Å². The van der Waals surface area contributed by atoms with Crippen LogP contribution in [0.4, 0.5) is 0 Å². The summed E-state index contributed by atoms with van der Waals surface area (Å²) in [7, 11) is 0. The zero-order chi connectivity index (χ0) is 10.4. The molecule has 0 radical (unpaired) electrons. The summed E-state index contributed by atoms with van der Waals surface area (Å²) >= 11 is 3.37. The van der Waals surface area contributed by atoms with Crippen LogP contribution in [-0.4, -0.2) is 17.3 Å². The van der Waals surface area contributed by atoms with Gasteiger partial charge in [0.25, 0.3) is 0 Å². The zero-order valence-corrected chi connectivity index (χ0v) is 10.5. The van der Waals surface area contributed by atoms with E-state index in [4.69, 9.17) is 0 Å². The molecule has 1 saturated carbocycles. The summed E-state index contributed by atoms with van der Waals surface area (Å²) in [6.07, 6.45) is 6.49. The van der Waals surface area contributed by atoms with Crippen LogP contribution >= 0.6 is 15.9 Å². The summed E-state index contributed by atoms with van der Waals surface area (Å²) in [6.45, 7) is 2.23. The van der Waals surface area contributed by atoms with Gasteiger partial charge in [0.1, 0.15) is 0 Å². The van der Waals surface area contributed by atoms with Crippen molar-refractivity contribution in [1.29, 1.82) is 0 Å². The van der Waals surface area contributed by atoms with Gasteiger partial charge in [-0.05, 0) is 31.6 Å². The van der Waals surface area contributed by atoms with Crippen molar-refractivity contribution in [3.8, 4) is 0 Å². The number of hydrogen-bond acceptors (Lipinski definition) is 1. The van der Waals surface area contributed by atoms with Crippen LogP contribution in [0.15, 0.2) is 0 Å². The largest absolute Gasteiger partial charge is 0.353 e. The minimum atomic E-state index is 0.240. The van der Waals surface area contributed by atoms with Gasteiger partial charge in [-0.25, -0.2) is 0 Å². The Morgan fingerprint density at radius 3 is 2.79 bits per heavy atom. The van der Waals surface area contributed by atoms with E-state index in [1.54, 1.807) is 0 Å². The molecule has 82 valence electrons. The zero-order valence-electron chi connectivity index (χ0n) is 8.89. The Bertz CT molecular complexity index is 184. The van der Waals surface area contributed by atoms with Crippen LogP contribution in [0.3, 0.4) is 0 Å². The molecular formula is C11H20BrNO. The highest BCUT2D eigenvalue weighted by atomic mass is 79.9. The average molecular weight is 262 g/mol. The number of hydrogen-bond donors (Lipinski definition) is 1. The van der Waals surface area contributed by atoms with Crippen LogP contribution < -0.4 is 5.32 Å². The number of nitrogens with one attached hydrogen (secondary N) is 1. The summed E-state index contributed by atoms with van der Waals surface area (Å²) in [5.74, 6) is 0.917. The Kier molecular flexibility index (Phi) is 5.53. The first-order valence-electron chi connectivity index (χ1n) is 5.59. The van der Waals surface area contributed by atoms with Gasteiger partial charge in [0.2, 0.25) is 5.91 Å². The van der Waals surface area contributed by atoms with Crippen molar-refractivity contribution in [1.82, 2.24) is 5.32 Å². The third-order valence-corrected chi connectivity index (χ3v) is 3.56. The SMILES string of the molecule is CC1CCCC1NC(=O)CCCCBr. The number of alkyl halides is 1. The maximum absolute atomic E-state index is 11.5. The third kappa shape index (κ3) is 3.99. The van der Waals surface area contributed by atoms with Gasteiger partial charge in [-0.3, -0.25) is 4.79 Å². The topological polar surface area (TPSA) is 29.1 Å². The molecule has 1 amide bonds. The van der Waals surface area contributed by atoms with Crippen molar-refractivity contribution >= 4 is 21.8 Å². The van der Waals surface area contributed by atoms with Gasteiger partial charge in [-0.15, -0.1) is 0 Å². The molecule has 1 N–H and O–H groups in total. The van der Waals surface area contributed by atoms with Crippen LogP contribution in [0.5, 0.6) is 0 Å². The van der Waals surface area contributed by atoms with E-state index in [1.165, 1.54) is 19.3 Å². The van der Waals surface area contributed by atoms with E-state index in [1.807, 2.05) is 0 Å². The maximum Gasteiger partial charge on any atom is 0.220 e. The fourth-order valence-corrected chi connectivity index (χ4v) is 2.42. The predicted octanol–water partition coefficient (Wildman–Crippen LogP) is 2.86. The lowest BCUT2D eigenvalue weighted by Gasteiger charge is -2.16. The summed E-state index contributed by atoms with van der Waals surface area (Å²) in [6, 6.07) is 0.450. The van der Waals surface area contributed by atoms with Gasteiger partial charge < -0.3 is 5.32 Å². The van der Waals surface area contributed by atoms with Crippen molar-refractivity contribution in [2.45, 2.75) is 51.5 Å². The molecule has 0 bridgehead atoms. The van der Waals surface area contributed by atoms with Crippen LogP contribution in [0.2, 0.25) is 0 Å². The van der Waals surface area contributed by atoms with Gasteiger partial charge >= 0.3 is 0 Å². The molecule has 2 unspecified atom stereocenters. The van der Waals surface area contributed by atoms with Crippen molar-refractivity contribution in [3.63, 3.8) is 0 Å². The van der Waals surface area contributed by atoms with Crippen LogP contribution in [0.25, 0.3) is 0 Å². The monoisotopic (exact) mass is 261 g/mol. The van der Waals surface area contributed by atoms with Gasteiger partial charge in [-0.1, -0.05) is 29.3 Å². The second-order valence-electron chi connectivity index (χ2n) is 4.23. The van der Waals surface area contributed by atoms with Crippen LogP contribution in [-0.2, 0) is 4.79 Å². The van der Waals surface area contributed by atoms with Gasteiger partial charge in [0.15, 0.2) is 0 Å². The minimum Gasteiger partial charge on any atom is -0.353 e. The molecule has 0 aromatic rings. The molecule has 2 nitrogen and oxygen atoms in total. The Balaban J connectivity index is 2.13. The number of carbonyl (C=O) groups excluding carboxylic acids is 1. The van der Waals surface area contributed by atoms with E-state index in [0.717, 1.165) is 18.2 Å². The molecule has 3 heteroatoms. The minimum absolute atomic E-state index is 0.240. The highest BCUT2D eigenvalue weighted by Crippen LogP contribution is 2.24. The second-order valence-corrected chi connectivity index (χ2v) is 5.02. The standard InChI is InChI=1S/C11H20BrNO/c1-9-5-4-6-10(9)13-11(14)7-2-3-8-12/h9-10H,2-8H2,1H3,(H,13,14). The molecule has 1 aliphatic carbocycles. The number of halogens is 1. The summed E-state index contributed by atoms with van der Waals surface area (Å²) in [4.78, 5) is 11.5. The molecule has 0 aromatic heterocycles. The Morgan fingerprint density at radius 1 is 1.43 bits per heavy atom. The molecule has 0 spiro atoms. The summed E-state index contributed by atoms with van der Waals surface area (Å²) in [5, 5.41) is 4.13. The highest BCUT2D eigenvalue weighted by molar-refractivity contribution is 9.09. The Hall–Kier alpha value is -0.0500. The van der Waals surface area contributed by atoms with E-state index in [0.29, 0.717) is 18.4 Å². The lowest BCUT2D eigenvalue weighted by atomic mass is 10.1.